The minimum atomic E-state index is 0.285. The van der Waals surface area contributed by atoms with Crippen molar-refractivity contribution in [3.63, 3.8) is 0 Å². The van der Waals surface area contributed by atoms with E-state index in [-0.39, 0.29) is 12.2 Å². The van der Waals surface area contributed by atoms with E-state index in [2.05, 4.69) is 0 Å². The Labute approximate surface area is 89.8 Å². The van der Waals surface area contributed by atoms with Crippen LogP contribution in [0.5, 0.6) is 0 Å². The second kappa shape index (κ2) is 4.37. The van der Waals surface area contributed by atoms with Gasteiger partial charge >= 0.3 is 0 Å². The van der Waals surface area contributed by atoms with Crippen molar-refractivity contribution in [2.24, 2.45) is 0 Å². The summed E-state index contributed by atoms with van der Waals surface area (Å²) in [7, 11) is 0. The molecule has 0 N–H and O–H groups in total. The molecular weight excluding hydrogens is 196 g/mol. The van der Waals surface area contributed by atoms with Gasteiger partial charge in [-0.25, -0.2) is 0 Å². The first-order chi connectivity index (χ1) is 7.42. The van der Waals surface area contributed by atoms with Crippen LogP contribution in [-0.2, 0) is 18.9 Å². The maximum absolute atomic E-state index is 5.80. The molecule has 2 aliphatic heterocycles. The summed E-state index contributed by atoms with van der Waals surface area (Å²) in [5.74, 6) is 0. The third kappa shape index (κ3) is 2.91. The molecule has 1 saturated carbocycles. The van der Waals surface area contributed by atoms with Crippen molar-refractivity contribution in [1.82, 2.24) is 0 Å². The van der Waals surface area contributed by atoms with Gasteiger partial charge in [0, 0.05) is 0 Å². The van der Waals surface area contributed by atoms with Gasteiger partial charge in [-0.05, 0) is 19.3 Å². The molecule has 0 spiro atoms. The van der Waals surface area contributed by atoms with Gasteiger partial charge < -0.3 is 18.9 Å². The molecule has 15 heavy (non-hydrogen) atoms. The average molecular weight is 214 g/mol. The molecule has 86 valence electrons. The lowest BCUT2D eigenvalue weighted by Crippen LogP contribution is -2.28. The Morgan fingerprint density at radius 3 is 1.73 bits per heavy atom. The van der Waals surface area contributed by atoms with Gasteiger partial charge in [0.05, 0.1) is 38.6 Å². The number of hydrogen-bond donors (Lipinski definition) is 0. The van der Waals surface area contributed by atoms with Crippen molar-refractivity contribution in [2.45, 2.75) is 43.7 Å². The lowest BCUT2D eigenvalue weighted by Gasteiger charge is -2.19. The smallest absolute Gasteiger partial charge is 0.104 e. The summed E-state index contributed by atoms with van der Waals surface area (Å²) in [6.07, 6.45) is 4.76. The molecule has 0 aromatic rings. The van der Waals surface area contributed by atoms with Crippen LogP contribution in [0.15, 0.2) is 0 Å². The molecule has 4 nitrogen and oxygen atoms in total. The highest BCUT2D eigenvalue weighted by atomic mass is 16.6. The van der Waals surface area contributed by atoms with Crippen molar-refractivity contribution in [3.8, 4) is 0 Å². The van der Waals surface area contributed by atoms with Crippen LogP contribution in [0.2, 0.25) is 0 Å². The molecule has 3 fully saturated rings. The number of epoxide rings is 2. The van der Waals surface area contributed by atoms with Crippen molar-refractivity contribution in [3.05, 3.63) is 0 Å². The summed E-state index contributed by atoms with van der Waals surface area (Å²) in [4.78, 5) is 0. The fourth-order valence-electron chi connectivity index (χ4n) is 2.06. The summed E-state index contributed by atoms with van der Waals surface area (Å²) < 4.78 is 21.9. The maximum atomic E-state index is 5.80. The Morgan fingerprint density at radius 1 is 0.867 bits per heavy atom. The summed E-state index contributed by atoms with van der Waals surface area (Å²) in [5.41, 5.74) is 0. The molecule has 0 amide bonds. The van der Waals surface area contributed by atoms with Crippen LogP contribution >= 0.6 is 0 Å². The molecule has 3 rings (SSSR count). The second-order valence-electron chi connectivity index (χ2n) is 4.59. The summed E-state index contributed by atoms with van der Waals surface area (Å²) in [5, 5.41) is 0. The van der Waals surface area contributed by atoms with Gasteiger partial charge in [0.25, 0.3) is 0 Å². The minimum absolute atomic E-state index is 0.285. The fraction of sp³-hybridized carbons (Fsp3) is 1.00. The molecule has 2 heterocycles. The van der Waals surface area contributed by atoms with E-state index in [1.165, 1.54) is 6.42 Å². The first kappa shape index (κ1) is 10.0. The van der Waals surface area contributed by atoms with E-state index < -0.39 is 0 Å². The Hall–Kier alpha value is -0.160. The molecular formula is C11H18O4. The van der Waals surface area contributed by atoms with Crippen LogP contribution < -0.4 is 0 Å². The van der Waals surface area contributed by atoms with Gasteiger partial charge in [0.2, 0.25) is 0 Å². The van der Waals surface area contributed by atoms with Gasteiger partial charge in [0.15, 0.2) is 0 Å². The van der Waals surface area contributed by atoms with E-state index in [9.17, 15) is 0 Å². The Balaban J connectivity index is 1.38. The lowest BCUT2D eigenvalue weighted by atomic mass is 10.2. The van der Waals surface area contributed by atoms with Crippen molar-refractivity contribution in [1.29, 1.82) is 0 Å². The molecule has 0 aromatic carbocycles. The summed E-state index contributed by atoms with van der Waals surface area (Å²) in [6.45, 7) is 3.22. The monoisotopic (exact) mass is 214 g/mol. The molecule has 3 aliphatic rings. The lowest BCUT2D eigenvalue weighted by molar-refractivity contribution is -0.0622. The van der Waals surface area contributed by atoms with E-state index in [4.69, 9.17) is 18.9 Å². The highest BCUT2D eigenvalue weighted by Gasteiger charge is 2.33. The molecule has 0 bridgehead atoms. The molecule has 4 heteroatoms. The maximum Gasteiger partial charge on any atom is 0.104 e. The van der Waals surface area contributed by atoms with Crippen LogP contribution in [0, 0.1) is 0 Å². The SMILES string of the molecule is C1CC(OCC2CO2)C(OCC2CO2)C1. The van der Waals surface area contributed by atoms with Crippen LogP contribution in [-0.4, -0.2) is 50.8 Å². The predicted octanol–water partition coefficient (Wildman–Crippen LogP) is 0.738. The first-order valence-electron chi connectivity index (χ1n) is 5.88. The zero-order valence-corrected chi connectivity index (χ0v) is 8.89. The number of hydrogen-bond acceptors (Lipinski definition) is 4. The number of ether oxygens (including phenoxy) is 4. The second-order valence-corrected chi connectivity index (χ2v) is 4.59. The first-order valence-corrected chi connectivity index (χ1v) is 5.88. The predicted molar refractivity (Wildman–Crippen MR) is 52.8 cm³/mol. The largest absolute Gasteiger partial charge is 0.373 e. The molecule has 4 unspecified atom stereocenters. The highest BCUT2D eigenvalue weighted by molar-refractivity contribution is 4.81. The topological polar surface area (TPSA) is 43.5 Å². The van der Waals surface area contributed by atoms with Crippen LogP contribution in [0.4, 0.5) is 0 Å². The van der Waals surface area contributed by atoms with Gasteiger partial charge in [-0.15, -0.1) is 0 Å². The van der Waals surface area contributed by atoms with Gasteiger partial charge in [-0.2, -0.15) is 0 Å². The highest BCUT2D eigenvalue weighted by Crippen LogP contribution is 2.27. The summed E-state index contributed by atoms with van der Waals surface area (Å²) in [6, 6.07) is 0. The van der Waals surface area contributed by atoms with Gasteiger partial charge in [-0.1, -0.05) is 0 Å². The van der Waals surface area contributed by atoms with E-state index in [0.29, 0.717) is 12.2 Å². The normalized spacial score (nSPS) is 43.2. The molecule has 0 radical (unpaired) electrons. The molecule has 4 atom stereocenters. The van der Waals surface area contributed by atoms with E-state index in [1.807, 2.05) is 0 Å². The fourth-order valence-corrected chi connectivity index (χ4v) is 2.06. The van der Waals surface area contributed by atoms with Gasteiger partial charge in [0.1, 0.15) is 12.2 Å². The third-order valence-electron chi connectivity index (χ3n) is 3.19. The van der Waals surface area contributed by atoms with Crippen LogP contribution in [0.1, 0.15) is 19.3 Å². The Kier molecular flexibility index (Phi) is 2.92. The third-order valence-corrected chi connectivity index (χ3v) is 3.19. The van der Waals surface area contributed by atoms with Crippen molar-refractivity contribution >= 4 is 0 Å². The zero-order valence-electron chi connectivity index (χ0n) is 8.89. The quantitative estimate of drug-likeness (QED) is 0.612. The minimum Gasteiger partial charge on any atom is -0.373 e. The average Bonchev–Trinajstić information content (AvgIpc) is 3.14. The van der Waals surface area contributed by atoms with E-state index in [1.54, 1.807) is 0 Å². The van der Waals surface area contributed by atoms with E-state index >= 15 is 0 Å². The van der Waals surface area contributed by atoms with E-state index in [0.717, 1.165) is 39.3 Å². The molecule has 0 aromatic heterocycles. The van der Waals surface area contributed by atoms with Gasteiger partial charge in [-0.3, -0.25) is 0 Å². The van der Waals surface area contributed by atoms with Crippen molar-refractivity contribution < 1.29 is 18.9 Å². The zero-order chi connectivity index (χ0) is 10.1. The Morgan fingerprint density at radius 2 is 1.33 bits per heavy atom. The number of rotatable bonds is 6. The molecule has 1 aliphatic carbocycles. The Bertz CT molecular complexity index is 191. The summed E-state index contributed by atoms with van der Waals surface area (Å²) >= 11 is 0. The van der Waals surface area contributed by atoms with Crippen molar-refractivity contribution in [2.75, 3.05) is 26.4 Å². The molecule has 2 saturated heterocycles. The van der Waals surface area contributed by atoms with Crippen LogP contribution in [0.25, 0.3) is 0 Å². The standard InChI is InChI=1S/C11H18O4/c1-2-10(14-6-8-4-12-8)11(3-1)15-7-9-5-13-9/h8-11H,1-7H2. The van der Waals surface area contributed by atoms with Crippen LogP contribution in [0.3, 0.4) is 0 Å².